The molecule has 0 saturated heterocycles. The van der Waals surface area contributed by atoms with Gasteiger partial charge in [-0.25, -0.2) is 4.67 Å². The van der Waals surface area contributed by atoms with Crippen LogP contribution in [0.25, 0.3) is 0 Å². The van der Waals surface area contributed by atoms with Crippen LogP contribution in [0.2, 0.25) is 0 Å². The first kappa shape index (κ1) is 12.8. The lowest BCUT2D eigenvalue weighted by molar-refractivity contribution is 0.267. The van der Waals surface area contributed by atoms with Crippen LogP contribution in [0.5, 0.6) is 0 Å². The Balaban J connectivity index is 4.42. The molecule has 0 radical (unpaired) electrons. The van der Waals surface area contributed by atoms with Crippen molar-refractivity contribution in [1.29, 1.82) is 5.26 Å². The quantitative estimate of drug-likeness (QED) is 0.643. The molecule has 3 nitrogen and oxygen atoms in total. The number of nitriles is 1. The third kappa shape index (κ3) is 4.04. The van der Waals surface area contributed by atoms with Crippen LogP contribution in [-0.4, -0.2) is 23.4 Å². The topological polar surface area (TPSA) is 36.3 Å². The van der Waals surface area contributed by atoms with Crippen LogP contribution < -0.4 is 0 Å². The monoisotopic (exact) mass is 202 g/mol. The molecule has 0 saturated carbocycles. The minimum atomic E-state index is -1.06. The van der Waals surface area contributed by atoms with E-state index in [1.54, 1.807) is 0 Å². The molecule has 0 aliphatic heterocycles. The Morgan fingerprint density at radius 2 is 1.77 bits per heavy atom. The van der Waals surface area contributed by atoms with E-state index < -0.39 is 8.30 Å². The lowest BCUT2D eigenvalue weighted by Crippen LogP contribution is -2.32. The highest BCUT2D eigenvalue weighted by atomic mass is 31.2. The zero-order valence-electron chi connectivity index (χ0n) is 9.11. The Morgan fingerprint density at radius 1 is 1.31 bits per heavy atom. The maximum atomic E-state index is 8.94. The van der Waals surface area contributed by atoms with Crippen molar-refractivity contribution in [3.8, 4) is 5.81 Å². The highest BCUT2D eigenvalue weighted by molar-refractivity contribution is 7.55. The van der Waals surface area contributed by atoms with Crippen LogP contribution in [0.1, 0.15) is 34.6 Å². The van der Waals surface area contributed by atoms with E-state index in [9.17, 15) is 0 Å². The van der Waals surface area contributed by atoms with E-state index in [1.165, 1.54) is 0 Å². The second-order valence-corrected chi connectivity index (χ2v) is 4.82. The molecule has 4 heteroatoms. The van der Waals surface area contributed by atoms with Gasteiger partial charge in [-0.1, -0.05) is 0 Å². The van der Waals surface area contributed by atoms with Gasteiger partial charge < -0.3 is 4.52 Å². The molecule has 0 bridgehead atoms. The second kappa shape index (κ2) is 6.32. The zero-order valence-corrected chi connectivity index (χ0v) is 10.0. The largest absolute Gasteiger partial charge is 0.333 e. The van der Waals surface area contributed by atoms with Crippen molar-refractivity contribution in [3.63, 3.8) is 0 Å². The number of nitrogens with zero attached hydrogens (tertiary/aromatic N) is 2. The molecule has 0 aliphatic carbocycles. The van der Waals surface area contributed by atoms with Gasteiger partial charge in [0, 0.05) is 12.1 Å². The molecule has 0 rings (SSSR count). The fraction of sp³-hybridized carbons (Fsp3) is 0.889. The van der Waals surface area contributed by atoms with Crippen molar-refractivity contribution >= 4 is 8.30 Å². The van der Waals surface area contributed by atoms with E-state index in [1.807, 2.05) is 6.92 Å². The Morgan fingerprint density at radius 3 is 2.00 bits per heavy atom. The van der Waals surface area contributed by atoms with Crippen LogP contribution in [0.4, 0.5) is 0 Å². The lowest BCUT2D eigenvalue weighted by Gasteiger charge is -2.32. The molecular weight excluding hydrogens is 183 g/mol. The van der Waals surface area contributed by atoms with Crippen molar-refractivity contribution in [1.82, 2.24) is 4.67 Å². The molecule has 0 aromatic heterocycles. The van der Waals surface area contributed by atoms with Gasteiger partial charge >= 0.3 is 0 Å². The average molecular weight is 202 g/mol. The van der Waals surface area contributed by atoms with Gasteiger partial charge in [-0.05, 0) is 34.6 Å². The number of hydrogen-bond acceptors (Lipinski definition) is 3. The van der Waals surface area contributed by atoms with E-state index in [-0.39, 0.29) is 0 Å². The van der Waals surface area contributed by atoms with Gasteiger partial charge in [-0.3, -0.25) is 0 Å². The van der Waals surface area contributed by atoms with Gasteiger partial charge in [-0.2, -0.15) is 5.26 Å². The minimum absolute atomic E-state index is 0.359. The molecular formula is C9H19N2OP. The molecule has 0 aromatic carbocycles. The molecule has 1 atom stereocenters. The lowest BCUT2D eigenvalue weighted by atomic mass is 10.3. The Kier molecular flexibility index (Phi) is 6.24. The first-order valence-electron chi connectivity index (χ1n) is 4.65. The summed E-state index contributed by atoms with van der Waals surface area (Å²) in [5, 5.41) is 8.94. The van der Waals surface area contributed by atoms with E-state index in [4.69, 9.17) is 9.79 Å². The molecule has 76 valence electrons. The third-order valence-corrected chi connectivity index (χ3v) is 3.62. The molecule has 0 aliphatic rings. The average Bonchev–Trinajstić information content (AvgIpc) is 2.02. The number of rotatable bonds is 5. The van der Waals surface area contributed by atoms with Crippen molar-refractivity contribution < 1.29 is 4.52 Å². The van der Waals surface area contributed by atoms with Crippen LogP contribution >= 0.6 is 8.30 Å². The van der Waals surface area contributed by atoms with Crippen molar-refractivity contribution in [2.24, 2.45) is 0 Å². The third-order valence-electron chi connectivity index (χ3n) is 1.60. The van der Waals surface area contributed by atoms with Gasteiger partial charge in [-0.15, -0.1) is 0 Å². The predicted octanol–water partition coefficient (Wildman–Crippen LogP) is 2.93. The highest BCUT2D eigenvalue weighted by Gasteiger charge is 2.24. The minimum Gasteiger partial charge on any atom is -0.333 e. The maximum absolute atomic E-state index is 8.94. The van der Waals surface area contributed by atoms with E-state index in [2.05, 4.69) is 38.2 Å². The summed E-state index contributed by atoms with van der Waals surface area (Å²) in [4.78, 5) is 0. The molecule has 1 unspecified atom stereocenters. The standard InChI is InChI=1S/C9H19N2OP/c1-6-12-13(7-10)11(8(2)3)9(4)5/h8-9H,6H2,1-5H3. The van der Waals surface area contributed by atoms with E-state index in [0.29, 0.717) is 18.7 Å². The normalized spacial score (nSPS) is 13.8. The van der Waals surface area contributed by atoms with Crippen molar-refractivity contribution in [3.05, 3.63) is 0 Å². The van der Waals surface area contributed by atoms with Crippen molar-refractivity contribution in [2.75, 3.05) is 6.61 Å². The van der Waals surface area contributed by atoms with Crippen LogP contribution in [0, 0.1) is 11.1 Å². The van der Waals surface area contributed by atoms with Gasteiger partial charge in [0.25, 0.3) is 0 Å². The molecule has 0 spiro atoms. The molecule has 13 heavy (non-hydrogen) atoms. The summed E-state index contributed by atoms with van der Waals surface area (Å²) in [7, 11) is -1.06. The van der Waals surface area contributed by atoms with Gasteiger partial charge in [0.2, 0.25) is 8.30 Å². The predicted molar refractivity (Wildman–Crippen MR) is 56.3 cm³/mol. The fourth-order valence-corrected chi connectivity index (χ4v) is 2.66. The summed E-state index contributed by atoms with van der Waals surface area (Å²) in [6, 6.07) is 0.717. The molecule has 0 fully saturated rings. The van der Waals surface area contributed by atoms with Crippen molar-refractivity contribution in [2.45, 2.75) is 46.7 Å². The molecule has 0 aromatic rings. The first-order valence-corrected chi connectivity index (χ1v) is 5.86. The van der Waals surface area contributed by atoms with Crippen LogP contribution in [0.15, 0.2) is 0 Å². The molecule has 0 N–H and O–H groups in total. The van der Waals surface area contributed by atoms with Crippen LogP contribution in [0.3, 0.4) is 0 Å². The smallest absolute Gasteiger partial charge is 0.217 e. The van der Waals surface area contributed by atoms with Gasteiger partial charge in [0.1, 0.15) is 5.81 Å². The second-order valence-electron chi connectivity index (χ2n) is 3.36. The van der Waals surface area contributed by atoms with E-state index >= 15 is 0 Å². The molecule has 0 amide bonds. The SMILES string of the molecule is CCOP(C#N)N(C(C)C)C(C)C. The summed E-state index contributed by atoms with van der Waals surface area (Å²) in [5.74, 6) is 2.23. The summed E-state index contributed by atoms with van der Waals surface area (Å²) in [5.41, 5.74) is 0. The Hall–Kier alpha value is -0.160. The van der Waals surface area contributed by atoms with E-state index in [0.717, 1.165) is 0 Å². The fourth-order valence-electron chi connectivity index (χ4n) is 1.29. The summed E-state index contributed by atoms with van der Waals surface area (Å²) in [6.07, 6.45) is 0. The summed E-state index contributed by atoms with van der Waals surface area (Å²) >= 11 is 0. The summed E-state index contributed by atoms with van der Waals surface area (Å²) < 4.78 is 7.53. The Bertz CT molecular complexity index is 169. The molecule has 0 heterocycles. The highest BCUT2D eigenvalue weighted by Crippen LogP contribution is 2.43. The Labute approximate surface area is 82.6 Å². The first-order chi connectivity index (χ1) is 6.04. The van der Waals surface area contributed by atoms with Crippen LogP contribution in [-0.2, 0) is 4.52 Å². The number of hydrogen-bond donors (Lipinski definition) is 0. The van der Waals surface area contributed by atoms with Gasteiger partial charge in [0.05, 0.1) is 6.61 Å². The van der Waals surface area contributed by atoms with Gasteiger partial charge in [0.15, 0.2) is 0 Å². The summed E-state index contributed by atoms with van der Waals surface area (Å²) in [6.45, 7) is 10.9. The maximum Gasteiger partial charge on any atom is 0.217 e. The zero-order chi connectivity index (χ0) is 10.4.